The zero-order valence-electron chi connectivity index (χ0n) is 12.0. The molecule has 2 heterocycles. The first-order chi connectivity index (χ1) is 10.3. The van der Waals surface area contributed by atoms with Crippen molar-refractivity contribution in [3.63, 3.8) is 0 Å². The Bertz CT molecular complexity index is 544. The van der Waals surface area contributed by atoms with Crippen molar-refractivity contribution in [1.29, 1.82) is 0 Å². The third kappa shape index (κ3) is 3.50. The fraction of sp³-hybridized carbons (Fsp3) is 0.438. The number of rotatable bonds is 5. The molecule has 21 heavy (non-hydrogen) atoms. The van der Waals surface area contributed by atoms with Crippen molar-refractivity contribution in [2.75, 3.05) is 26.3 Å². The van der Waals surface area contributed by atoms with Crippen LogP contribution < -0.4 is 0 Å². The van der Waals surface area contributed by atoms with Crippen molar-refractivity contribution in [3.05, 3.63) is 53.9 Å². The lowest BCUT2D eigenvalue weighted by molar-refractivity contribution is -0.134. The Morgan fingerprint density at radius 2 is 2.14 bits per heavy atom. The lowest BCUT2D eigenvalue weighted by Crippen LogP contribution is -2.55. The molecule has 5 heteroatoms. The van der Waals surface area contributed by atoms with E-state index in [-0.39, 0.29) is 6.61 Å². The van der Waals surface area contributed by atoms with Crippen molar-refractivity contribution < 1.29 is 9.84 Å². The summed E-state index contributed by atoms with van der Waals surface area (Å²) in [5.41, 5.74) is 1.76. The van der Waals surface area contributed by atoms with E-state index >= 15 is 0 Å². The molecule has 1 fully saturated rings. The molecule has 0 radical (unpaired) electrons. The number of aromatic nitrogens is 2. The van der Waals surface area contributed by atoms with Gasteiger partial charge < -0.3 is 9.84 Å². The minimum absolute atomic E-state index is 0.0291. The minimum Gasteiger partial charge on any atom is -0.393 e. The van der Waals surface area contributed by atoms with E-state index in [4.69, 9.17) is 4.74 Å². The Morgan fingerprint density at radius 1 is 1.29 bits per heavy atom. The van der Waals surface area contributed by atoms with E-state index in [9.17, 15) is 5.11 Å². The average Bonchev–Trinajstić information content (AvgIpc) is 3.01. The number of aliphatic hydroxyl groups excluding tert-OH is 1. The van der Waals surface area contributed by atoms with Crippen LogP contribution in [0, 0.1) is 0 Å². The molecule has 2 aromatic rings. The maximum absolute atomic E-state index is 9.87. The molecule has 0 bridgehead atoms. The van der Waals surface area contributed by atoms with E-state index in [1.54, 1.807) is 6.20 Å². The van der Waals surface area contributed by atoms with Gasteiger partial charge >= 0.3 is 0 Å². The topological polar surface area (TPSA) is 61.4 Å². The van der Waals surface area contributed by atoms with Crippen LogP contribution in [-0.2, 0) is 17.7 Å². The van der Waals surface area contributed by atoms with Gasteiger partial charge in [-0.25, -0.2) is 0 Å². The van der Waals surface area contributed by atoms with Crippen molar-refractivity contribution in [1.82, 2.24) is 15.1 Å². The summed E-state index contributed by atoms with van der Waals surface area (Å²) >= 11 is 0. The fourth-order valence-electron chi connectivity index (χ4n) is 2.90. The molecule has 5 nitrogen and oxygen atoms in total. The van der Waals surface area contributed by atoms with Gasteiger partial charge in [-0.3, -0.25) is 10.00 Å². The molecule has 0 amide bonds. The predicted molar refractivity (Wildman–Crippen MR) is 79.8 cm³/mol. The molecule has 2 N–H and O–H groups in total. The summed E-state index contributed by atoms with van der Waals surface area (Å²) in [6.45, 7) is 3.07. The maximum atomic E-state index is 9.87. The fourth-order valence-corrected chi connectivity index (χ4v) is 2.90. The van der Waals surface area contributed by atoms with E-state index in [0.717, 1.165) is 31.7 Å². The number of H-pyrrole nitrogens is 1. The van der Waals surface area contributed by atoms with Gasteiger partial charge in [0.25, 0.3) is 0 Å². The Kier molecular flexibility index (Phi) is 4.34. The summed E-state index contributed by atoms with van der Waals surface area (Å²) in [5, 5.41) is 16.8. The van der Waals surface area contributed by atoms with Gasteiger partial charge in [-0.05, 0) is 11.6 Å². The molecule has 3 rings (SSSR count). The normalized spacial score (nSPS) is 23.3. The monoisotopic (exact) mass is 287 g/mol. The number of aliphatic hydroxyl groups is 1. The average molecular weight is 287 g/mol. The summed E-state index contributed by atoms with van der Waals surface area (Å²) in [6.07, 6.45) is 2.49. The Labute approximate surface area is 124 Å². The number of benzene rings is 1. The Hall–Kier alpha value is -1.69. The Balaban J connectivity index is 1.69. The molecule has 112 valence electrons. The van der Waals surface area contributed by atoms with Gasteiger partial charge in [0.05, 0.1) is 13.2 Å². The van der Waals surface area contributed by atoms with Gasteiger partial charge in [0.1, 0.15) is 5.60 Å². The summed E-state index contributed by atoms with van der Waals surface area (Å²) < 4.78 is 5.95. The van der Waals surface area contributed by atoms with Crippen LogP contribution in [0.25, 0.3) is 0 Å². The molecule has 1 aromatic heterocycles. The minimum atomic E-state index is -0.514. The SMILES string of the molecule is OC[C@@]1(Cc2ccccc2)CN(Cc2ccn[nH]2)CCO1. The Morgan fingerprint density at radius 3 is 2.86 bits per heavy atom. The third-order valence-electron chi connectivity index (χ3n) is 3.94. The van der Waals surface area contributed by atoms with Crippen molar-refractivity contribution in [2.24, 2.45) is 0 Å². The highest BCUT2D eigenvalue weighted by Crippen LogP contribution is 2.23. The van der Waals surface area contributed by atoms with E-state index in [1.807, 2.05) is 24.3 Å². The molecule has 0 unspecified atom stereocenters. The summed E-state index contributed by atoms with van der Waals surface area (Å²) in [5.74, 6) is 0. The number of nitrogens with one attached hydrogen (secondary N) is 1. The van der Waals surface area contributed by atoms with Crippen LogP contribution in [0.5, 0.6) is 0 Å². The van der Waals surface area contributed by atoms with Gasteiger partial charge in [0.2, 0.25) is 0 Å². The van der Waals surface area contributed by atoms with Crippen LogP contribution in [-0.4, -0.2) is 52.1 Å². The van der Waals surface area contributed by atoms with E-state index in [2.05, 4.69) is 27.2 Å². The van der Waals surface area contributed by atoms with E-state index in [1.165, 1.54) is 5.56 Å². The molecule has 1 aromatic carbocycles. The second kappa shape index (κ2) is 6.39. The van der Waals surface area contributed by atoms with E-state index < -0.39 is 5.60 Å². The van der Waals surface area contributed by atoms with Crippen LogP contribution in [0.1, 0.15) is 11.3 Å². The molecule has 1 aliphatic rings. The smallest absolute Gasteiger partial charge is 0.108 e. The van der Waals surface area contributed by atoms with Crippen LogP contribution >= 0.6 is 0 Å². The number of hydrogen-bond acceptors (Lipinski definition) is 4. The zero-order chi connectivity index (χ0) is 14.5. The second-order valence-corrected chi connectivity index (χ2v) is 5.64. The highest BCUT2D eigenvalue weighted by Gasteiger charge is 2.36. The van der Waals surface area contributed by atoms with Crippen LogP contribution in [0.15, 0.2) is 42.6 Å². The van der Waals surface area contributed by atoms with Gasteiger partial charge in [-0.1, -0.05) is 30.3 Å². The van der Waals surface area contributed by atoms with Crippen molar-refractivity contribution in [2.45, 2.75) is 18.6 Å². The molecular weight excluding hydrogens is 266 g/mol. The summed E-state index contributed by atoms with van der Waals surface area (Å²) in [6, 6.07) is 12.2. The summed E-state index contributed by atoms with van der Waals surface area (Å²) in [7, 11) is 0. The maximum Gasteiger partial charge on any atom is 0.108 e. The standard InChI is InChI=1S/C16H21N3O2/c20-13-16(10-14-4-2-1-3-5-14)12-19(8-9-21-16)11-15-6-7-17-18-15/h1-7,20H,8-13H2,(H,17,18)/t16-/m1/s1. The number of hydrogen-bond donors (Lipinski definition) is 2. The number of aromatic amines is 1. The van der Waals surface area contributed by atoms with Crippen molar-refractivity contribution >= 4 is 0 Å². The second-order valence-electron chi connectivity index (χ2n) is 5.64. The highest BCUT2D eigenvalue weighted by atomic mass is 16.5. The number of nitrogens with zero attached hydrogens (tertiary/aromatic N) is 2. The lowest BCUT2D eigenvalue weighted by atomic mass is 9.93. The molecular formula is C16H21N3O2. The molecule has 0 saturated carbocycles. The van der Waals surface area contributed by atoms with E-state index in [0.29, 0.717) is 6.61 Å². The first-order valence-corrected chi connectivity index (χ1v) is 7.29. The largest absolute Gasteiger partial charge is 0.393 e. The first-order valence-electron chi connectivity index (χ1n) is 7.29. The molecule has 1 aliphatic heterocycles. The molecule has 0 aliphatic carbocycles. The number of morpholine rings is 1. The highest BCUT2D eigenvalue weighted by molar-refractivity contribution is 5.18. The first kappa shape index (κ1) is 14.3. The van der Waals surface area contributed by atoms with Gasteiger partial charge in [0, 0.05) is 37.9 Å². The molecule has 1 atom stereocenters. The zero-order valence-corrected chi connectivity index (χ0v) is 12.0. The van der Waals surface area contributed by atoms with Crippen LogP contribution in [0.3, 0.4) is 0 Å². The third-order valence-corrected chi connectivity index (χ3v) is 3.94. The summed E-state index contributed by atoms with van der Waals surface area (Å²) in [4.78, 5) is 2.30. The van der Waals surface area contributed by atoms with Gasteiger partial charge in [-0.15, -0.1) is 0 Å². The van der Waals surface area contributed by atoms with Crippen LogP contribution in [0.4, 0.5) is 0 Å². The lowest BCUT2D eigenvalue weighted by Gasteiger charge is -2.41. The van der Waals surface area contributed by atoms with Crippen LogP contribution in [0.2, 0.25) is 0 Å². The predicted octanol–water partition coefficient (Wildman–Crippen LogP) is 1.22. The molecule has 1 saturated heterocycles. The number of ether oxygens (including phenoxy) is 1. The van der Waals surface area contributed by atoms with Gasteiger partial charge in [0.15, 0.2) is 0 Å². The van der Waals surface area contributed by atoms with Gasteiger partial charge in [-0.2, -0.15) is 5.10 Å². The quantitative estimate of drug-likeness (QED) is 0.868. The molecule has 0 spiro atoms. The van der Waals surface area contributed by atoms with Crippen molar-refractivity contribution in [3.8, 4) is 0 Å².